The van der Waals surface area contributed by atoms with E-state index in [9.17, 15) is 4.79 Å². The summed E-state index contributed by atoms with van der Waals surface area (Å²) in [5, 5.41) is 2.98. The number of carbonyl (C=O) groups excluding carboxylic acids is 1. The molecule has 84 valence electrons. The summed E-state index contributed by atoms with van der Waals surface area (Å²) in [4.78, 5) is 13.9. The molecule has 1 unspecified atom stereocenters. The van der Waals surface area contributed by atoms with Crippen LogP contribution in [0.25, 0.3) is 0 Å². The van der Waals surface area contributed by atoms with Gasteiger partial charge in [-0.1, -0.05) is 13.8 Å². The van der Waals surface area contributed by atoms with E-state index in [-0.39, 0.29) is 11.9 Å². The van der Waals surface area contributed by atoms with Crippen LogP contribution in [0, 0.1) is 6.92 Å². The van der Waals surface area contributed by atoms with Gasteiger partial charge in [0.25, 0.3) is 5.91 Å². The van der Waals surface area contributed by atoms with Gasteiger partial charge in [0.05, 0.1) is 4.88 Å². The second-order valence-corrected chi connectivity index (χ2v) is 4.99. The Morgan fingerprint density at radius 2 is 2.20 bits per heavy atom. The molecule has 0 radical (unpaired) electrons. The molecule has 1 aromatic rings. The molecular formula is C12H19NOS. The highest BCUT2D eigenvalue weighted by Crippen LogP contribution is 2.22. The van der Waals surface area contributed by atoms with Crippen LogP contribution in [0.4, 0.5) is 0 Å². The second kappa shape index (κ2) is 5.31. The third kappa shape index (κ3) is 3.06. The van der Waals surface area contributed by atoms with Crippen LogP contribution in [-0.4, -0.2) is 11.9 Å². The maximum absolute atomic E-state index is 11.8. The van der Waals surface area contributed by atoms with Crippen LogP contribution >= 0.6 is 11.3 Å². The molecule has 15 heavy (non-hydrogen) atoms. The first-order chi connectivity index (χ1) is 7.08. The van der Waals surface area contributed by atoms with E-state index in [0.717, 1.165) is 17.7 Å². The number of aryl methyl sites for hydroxylation is 2. The molecule has 3 heteroatoms. The molecule has 1 aromatic heterocycles. The highest BCUT2D eigenvalue weighted by Gasteiger charge is 2.12. The van der Waals surface area contributed by atoms with Crippen LogP contribution in [0.1, 0.15) is 47.3 Å². The Labute approximate surface area is 95.7 Å². The first kappa shape index (κ1) is 12.2. The van der Waals surface area contributed by atoms with Crippen molar-refractivity contribution in [3.05, 3.63) is 21.4 Å². The lowest BCUT2D eigenvalue weighted by molar-refractivity contribution is 0.0943. The third-order valence-electron chi connectivity index (χ3n) is 2.56. The normalized spacial score (nSPS) is 12.5. The topological polar surface area (TPSA) is 29.1 Å². The van der Waals surface area contributed by atoms with Gasteiger partial charge in [-0.25, -0.2) is 0 Å². The lowest BCUT2D eigenvalue weighted by Crippen LogP contribution is -2.31. The minimum Gasteiger partial charge on any atom is -0.349 e. The summed E-state index contributed by atoms with van der Waals surface area (Å²) in [5.74, 6) is 0.0668. The van der Waals surface area contributed by atoms with Gasteiger partial charge in [-0.05, 0) is 38.3 Å². The molecule has 1 atom stereocenters. The molecule has 1 rings (SSSR count). The summed E-state index contributed by atoms with van der Waals surface area (Å²) >= 11 is 1.61. The Kier molecular flexibility index (Phi) is 4.33. The van der Waals surface area contributed by atoms with Crippen LogP contribution in [0.5, 0.6) is 0 Å². The predicted octanol–water partition coefficient (Wildman–Crippen LogP) is 3.15. The summed E-state index contributed by atoms with van der Waals surface area (Å²) in [7, 11) is 0. The first-order valence-electron chi connectivity index (χ1n) is 5.48. The molecular weight excluding hydrogens is 206 g/mol. The third-order valence-corrected chi connectivity index (χ3v) is 3.94. The van der Waals surface area contributed by atoms with Crippen molar-refractivity contribution in [2.75, 3.05) is 0 Å². The molecule has 0 aliphatic rings. The smallest absolute Gasteiger partial charge is 0.261 e. The fourth-order valence-corrected chi connectivity index (χ4v) is 2.40. The molecule has 0 fully saturated rings. The van der Waals surface area contributed by atoms with Crippen molar-refractivity contribution >= 4 is 17.2 Å². The van der Waals surface area contributed by atoms with Crippen molar-refractivity contribution in [1.82, 2.24) is 5.32 Å². The zero-order chi connectivity index (χ0) is 11.4. The van der Waals surface area contributed by atoms with E-state index in [1.807, 2.05) is 13.0 Å². The zero-order valence-corrected chi connectivity index (χ0v) is 10.7. The van der Waals surface area contributed by atoms with Crippen molar-refractivity contribution in [2.45, 2.75) is 46.6 Å². The fraction of sp³-hybridized carbons (Fsp3) is 0.583. The Morgan fingerprint density at radius 1 is 1.53 bits per heavy atom. The van der Waals surface area contributed by atoms with Crippen LogP contribution in [0.3, 0.4) is 0 Å². The van der Waals surface area contributed by atoms with Crippen LogP contribution in [0.15, 0.2) is 6.07 Å². The average molecular weight is 225 g/mol. The molecule has 1 amide bonds. The minimum absolute atomic E-state index is 0.0668. The molecule has 0 spiro atoms. The molecule has 1 N–H and O–H groups in total. The maximum atomic E-state index is 11.8. The van der Waals surface area contributed by atoms with Gasteiger partial charge in [0.1, 0.15) is 0 Å². The van der Waals surface area contributed by atoms with E-state index >= 15 is 0 Å². The molecule has 0 aliphatic carbocycles. The van der Waals surface area contributed by atoms with Gasteiger partial charge in [-0.3, -0.25) is 4.79 Å². The lowest BCUT2D eigenvalue weighted by atomic mass is 10.2. The standard InChI is InChI=1S/C12H19NOS/c1-5-9(4)13-12(14)11-7-8(3)10(6-2)15-11/h7,9H,5-6H2,1-4H3,(H,13,14). The van der Waals surface area contributed by atoms with Crippen LogP contribution in [-0.2, 0) is 6.42 Å². The number of hydrogen-bond acceptors (Lipinski definition) is 2. The molecule has 0 bridgehead atoms. The fourth-order valence-electron chi connectivity index (χ4n) is 1.38. The molecule has 0 saturated carbocycles. The van der Waals surface area contributed by atoms with E-state index in [2.05, 4.69) is 26.1 Å². The first-order valence-corrected chi connectivity index (χ1v) is 6.30. The Balaban J connectivity index is 2.74. The van der Waals surface area contributed by atoms with Crippen molar-refractivity contribution in [1.29, 1.82) is 0 Å². The van der Waals surface area contributed by atoms with Gasteiger partial charge in [0.15, 0.2) is 0 Å². The number of nitrogens with one attached hydrogen (secondary N) is 1. The Bertz CT molecular complexity index is 343. The van der Waals surface area contributed by atoms with Gasteiger partial charge in [-0.2, -0.15) is 0 Å². The predicted molar refractivity (Wildman–Crippen MR) is 65.7 cm³/mol. The summed E-state index contributed by atoms with van der Waals surface area (Å²) in [6, 6.07) is 2.24. The van der Waals surface area contributed by atoms with E-state index in [1.165, 1.54) is 10.4 Å². The monoisotopic (exact) mass is 225 g/mol. The van der Waals surface area contributed by atoms with Gasteiger partial charge in [-0.15, -0.1) is 11.3 Å². The summed E-state index contributed by atoms with van der Waals surface area (Å²) in [6.45, 7) is 8.28. The molecule has 0 aromatic carbocycles. The van der Waals surface area contributed by atoms with Crippen molar-refractivity contribution in [3.63, 3.8) is 0 Å². The van der Waals surface area contributed by atoms with E-state index in [0.29, 0.717) is 0 Å². The average Bonchev–Trinajstić information content (AvgIpc) is 2.59. The quantitative estimate of drug-likeness (QED) is 0.838. The van der Waals surface area contributed by atoms with E-state index < -0.39 is 0 Å². The van der Waals surface area contributed by atoms with Gasteiger partial charge in [0, 0.05) is 10.9 Å². The number of amides is 1. The molecule has 2 nitrogen and oxygen atoms in total. The molecule has 0 saturated heterocycles. The maximum Gasteiger partial charge on any atom is 0.261 e. The minimum atomic E-state index is 0.0668. The summed E-state index contributed by atoms with van der Waals surface area (Å²) in [5.41, 5.74) is 1.23. The Morgan fingerprint density at radius 3 is 2.67 bits per heavy atom. The number of hydrogen-bond donors (Lipinski definition) is 1. The van der Waals surface area contributed by atoms with E-state index in [4.69, 9.17) is 0 Å². The van der Waals surface area contributed by atoms with Crippen molar-refractivity contribution < 1.29 is 4.79 Å². The zero-order valence-electron chi connectivity index (χ0n) is 9.89. The second-order valence-electron chi connectivity index (χ2n) is 3.85. The number of carbonyl (C=O) groups is 1. The van der Waals surface area contributed by atoms with Gasteiger partial charge < -0.3 is 5.32 Å². The molecule has 0 aliphatic heterocycles. The van der Waals surface area contributed by atoms with E-state index in [1.54, 1.807) is 11.3 Å². The van der Waals surface area contributed by atoms with Crippen LogP contribution in [0.2, 0.25) is 0 Å². The Hall–Kier alpha value is -0.830. The van der Waals surface area contributed by atoms with Gasteiger partial charge in [0.2, 0.25) is 0 Å². The highest BCUT2D eigenvalue weighted by molar-refractivity contribution is 7.14. The lowest BCUT2D eigenvalue weighted by Gasteiger charge is -2.09. The highest BCUT2D eigenvalue weighted by atomic mass is 32.1. The number of thiophene rings is 1. The van der Waals surface area contributed by atoms with Gasteiger partial charge >= 0.3 is 0 Å². The largest absolute Gasteiger partial charge is 0.349 e. The van der Waals surface area contributed by atoms with Crippen molar-refractivity contribution in [3.8, 4) is 0 Å². The SMILES string of the molecule is CCc1sc(C(=O)NC(C)CC)cc1C. The molecule has 1 heterocycles. The van der Waals surface area contributed by atoms with Crippen LogP contribution < -0.4 is 5.32 Å². The summed E-state index contributed by atoms with van der Waals surface area (Å²) in [6.07, 6.45) is 1.98. The number of rotatable bonds is 4. The van der Waals surface area contributed by atoms with Crippen molar-refractivity contribution in [2.24, 2.45) is 0 Å². The summed E-state index contributed by atoms with van der Waals surface area (Å²) < 4.78 is 0.